The summed E-state index contributed by atoms with van der Waals surface area (Å²) < 4.78 is 68.4. The van der Waals surface area contributed by atoms with E-state index in [4.69, 9.17) is 37.0 Å². The van der Waals surface area contributed by atoms with Crippen molar-refractivity contribution in [2.45, 2.75) is 329 Å². The van der Waals surface area contributed by atoms with Crippen LogP contribution in [0.4, 0.5) is 0 Å². The second kappa shape index (κ2) is 74.5. The van der Waals surface area contributed by atoms with Gasteiger partial charge in [0.25, 0.3) is 0 Å². The van der Waals surface area contributed by atoms with Gasteiger partial charge in [0.05, 0.1) is 26.4 Å². The Hall–Kier alpha value is -4.80. The van der Waals surface area contributed by atoms with Crippen LogP contribution in [0.5, 0.6) is 0 Å². The van der Waals surface area contributed by atoms with Gasteiger partial charge in [-0.25, -0.2) is 9.13 Å². The van der Waals surface area contributed by atoms with Crippen molar-refractivity contribution < 1.29 is 80.2 Å². The predicted octanol–water partition coefficient (Wildman–Crippen LogP) is 22.9. The molecule has 0 aliphatic heterocycles. The van der Waals surface area contributed by atoms with Gasteiger partial charge in [-0.05, 0) is 109 Å². The van der Waals surface area contributed by atoms with E-state index in [0.717, 1.165) is 128 Å². The fourth-order valence-corrected chi connectivity index (χ4v) is 11.8. The molecule has 0 heterocycles. The Morgan fingerprint density at radius 1 is 0.284 bits per heavy atom. The molecule has 17 nitrogen and oxygen atoms in total. The zero-order valence-electron chi connectivity index (χ0n) is 63.7. The third kappa shape index (κ3) is 73.5. The van der Waals surface area contributed by atoms with Gasteiger partial charge in [0.1, 0.15) is 19.3 Å². The van der Waals surface area contributed by atoms with Crippen molar-refractivity contribution in [1.29, 1.82) is 0 Å². The first-order chi connectivity index (χ1) is 49.7. The molecule has 584 valence electrons. The number of hydrogen-bond acceptors (Lipinski definition) is 15. The molecule has 0 amide bonds. The number of aliphatic hydroxyl groups excluding tert-OH is 1. The molecule has 0 aliphatic carbocycles. The quantitative estimate of drug-likeness (QED) is 0.0169. The summed E-state index contributed by atoms with van der Waals surface area (Å²) in [5, 5.41) is 10.6. The maximum Gasteiger partial charge on any atom is 0.472 e. The van der Waals surface area contributed by atoms with Gasteiger partial charge in [0.15, 0.2) is 12.2 Å². The smallest absolute Gasteiger partial charge is 0.462 e. The van der Waals surface area contributed by atoms with Gasteiger partial charge in [-0.1, -0.05) is 309 Å². The standard InChI is InChI=1S/C83H140O17P2/c1-5-9-13-17-21-25-29-32-34-36-38-40-42-45-49-52-56-60-64-68-81(86)94-74-79(100-83(88)70-66-62-58-54-50-46-43-41-39-37-35-33-30-26-22-18-14-10-6-2)76-98-102(91,92)96-72-77(84)71-95-101(89,90)97-75-78(99-82(87)69-65-61-57-53-47-28-24-20-16-12-8-4)73-93-80(85)67-63-59-55-51-48-44-31-27-23-19-15-11-7-3/h9-10,13-14,21-22,25-26,32-35,38-41,45-46,49-50,56,60,77-79,84H,5-8,11-12,15-20,23-24,27-31,36-37,42-44,47-48,51-55,57-59,61-76H2,1-4H3,(H,89,90)(H,91,92)/b13-9-,14-10-,25-21-,26-22-,34-32-,35-33-,40-38-,41-39-,49-45-,50-46-,60-56-. The topological polar surface area (TPSA) is 237 Å². The van der Waals surface area contributed by atoms with E-state index in [0.29, 0.717) is 32.1 Å². The highest BCUT2D eigenvalue weighted by atomic mass is 31.2. The van der Waals surface area contributed by atoms with Crippen molar-refractivity contribution in [3.63, 3.8) is 0 Å². The summed E-state index contributed by atoms with van der Waals surface area (Å²) in [6, 6.07) is 0. The van der Waals surface area contributed by atoms with Crippen LogP contribution in [0.15, 0.2) is 134 Å². The lowest BCUT2D eigenvalue weighted by Gasteiger charge is -2.21. The maximum absolute atomic E-state index is 13.1. The number of phosphoric ester groups is 2. The van der Waals surface area contributed by atoms with Gasteiger partial charge in [-0.2, -0.15) is 0 Å². The molecule has 5 atom stereocenters. The Morgan fingerprint density at radius 2 is 0.529 bits per heavy atom. The minimum Gasteiger partial charge on any atom is -0.462 e. The lowest BCUT2D eigenvalue weighted by molar-refractivity contribution is -0.161. The summed E-state index contributed by atoms with van der Waals surface area (Å²) in [5.41, 5.74) is 0. The summed E-state index contributed by atoms with van der Waals surface area (Å²) >= 11 is 0. The van der Waals surface area contributed by atoms with Crippen LogP contribution in [0.25, 0.3) is 0 Å². The Labute approximate surface area is 618 Å². The van der Waals surface area contributed by atoms with Gasteiger partial charge in [0.2, 0.25) is 0 Å². The normalized spacial score (nSPS) is 14.6. The van der Waals surface area contributed by atoms with Crippen LogP contribution < -0.4 is 0 Å². The molecule has 0 bridgehead atoms. The van der Waals surface area contributed by atoms with Crippen LogP contribution >= 0.6 is 15.6 Å². The number of rotatable bonds is 73. The van der Waals surface area contributed by atoms with E-state index in [2.05, 4.69) is 143 Å². The molecule has 0 radical (unpaired) electrons. The first kappa shape index (κ1) is 97.2. The van der Waals surface area contributed by atoms with Gasteiger partial charge in [-0.15, -0.1) is 0 Å². The van der Waals surface area contributed by atoms with E-state index in [1.807, 2.05) is 18.2 Å². The SMILES string of the molecule is CC/C=C\C/C=C\C/C=C\C/C=C\C/C=C\C/C=C\CCC(=O)OCC(COP(=O)(O)OCC(O)COP(=O)(O)OCC(COC(=O)CCCCCCCCCCCCCCC)OC(=O)CCCCCCCCCCCCC)OC(=O)CCCCC/C=C\C/C=C\C/C=C\C/C=C\C/C=C\CC. The summed E-state index contributed by atoms with van der Waals surface area (Å²) in [6.45, 7) is 4.53. The van der Waals surface area contributed by atoms with E-state index in [9.17, 15) is 43.2 Å². The fraction of sp³-hybridized carbons (Fsp3) is 0.687. The van der Waals surface area contributed by atoms with E-state index in [1.165, 1.54) is 96.3 Å². The Balaban J connectivity index is 5.44. The minimum absolute atomic E-state index is 0.0253. The zero-order chi connectivity index (χ0) is 74.6. The molecule has 0 aromatic heterocycles. The van der Waals surface area contributed by atoms with Crippen LogP contribution in [0.2, 0.25) is 0 Å². The van der Waals surface area contributed by atoms with Gasteiger partial charge in [-0.3, -0.25) is 37.3 Å². The van der Waals surface area contributed by atoms with Crippen molar-refractivity contribution in [2.24, 2.45) is 0 Å². The van der Waals surface area contributed by atoms with E-state index in [-0.39, 0.29) is 25.7 Å². The second-order valence-electron chi connectivity index (χ2n) is 25.9. The number of carbonyl (C=O) groups is 4. The molecule has 5 unspecified atom stereocenters. The Morgan fingerprint density at radius 3 is 0.843 bits per heavy atom. The number of phosphoric acid groups is 2. The monoisotopic (exact) mass is 1470 g/mol. The number of esters is 4. The molecule has 102 heavy (non-hydrogen) atoms. The third-order valence-corrected chi connectivity index (χ3v) is 18.1. The summed E-state index contributed by atoms with van der Waals surface area (Å²) in [6.07, 6.45) is 83.1. The molecule has 0 aliphatic rings. The second-order valence-corrected chi connectivity index (χ2v) is 28.8. The van der Waals surface area contributed by atoms with Crippen LogP contribution in [0, 0.1) is 0 Å². The lowest BCUT2D eigenvalue weighted by Crippen LogP contribution is -2.30. The molecule has 19 heteroatoms. The summed E-state index contributed by atoms with van der Waals surface area (Å²) in [4.78, 5) is 72.9. The first-order valence-electron chi connectivity index (χ1n) is 39.4. The van der Waals surface area contributed by atoms with Crippen LogP contribution in [0.1, 0.15) is 310 Å². The summed E-state index contributed by atoms with van der Waals surface area (Å²) in [7, 11) is -9.98. The van der Waals surface area contributed by atoms with Gasteiger partial charge in [0, 0.05) is 25.7 Å². The highest BCUT2D eigenvalue weighted by Gasteiger charge is 2.30. The molecular weight excluding hydrogens is 1330 g/mol. The van der Waals surface area contributed by atoms with Gasteiger partial charge >= 0.3 is 39.5 Å². The Bertz CT molecular complexity index is 2460. The third-order valence-electron chi connectivity index (χ3n) is 16.2. The zero-order valence-corrected chi connectivity index (χ0v) is 65.5. The molecule has 0 spiro atoms. The minimum atomic E-state index is -5.00. The molecule has 0 saturated carbocycles. The van der Waals surface area contributed by atoms with Crippen LogP contribution in [0.3, 0.4) is 0 Å². The average Bonchev–Trinajstić information content (AvgIpc) is 0.940. The number of carbonyl (C=O) groups excluding carboxylic acids is 4. The van der Waals surface area contributed by atoms with E-state index < -0.39 is 97.5 Å². The number of unbranched alkanes of at least 4 members (excludes halogenated alkanes) is 25. The molecule has 3 N–H and O–H groups in total. The van der Waals surface area contributed by atoms with Crippen molar-refractivity contribution in [3.05, 3.63) is 134 Å². The Kier molecular flexibility index (Phi) is 71.0. The van der Waals surface area contributed by atoms with Crippen molar-refractivity contribution in [1.82, 2.24) is 0 Å². The fourth-order valence-electron chi connectivity index (χ4n) is 10.2. The van der Waals surface area contributed by atoms with Crippen molar-refractivity contribution in [3.8, 4) is 0 Å². The number of allylic oxidation sites excluding steroid dienone is 22. The molecule has 0 aromatic rings. The van der Waals surface area contributed by atoms with Crippen molar-refractivity contribution in [2.75, 3.05) is 39.6 Å². The molecule has 0 rings (SSSR count). The lowest BCUT2D eigenvalue weighted by atomic mass is 10.0. The first-order valence-corrected chi connectivity index (χ1v) is 42.4. The highest BCUT2D eigenvalue weighted by molar-refractivity contribution is 7.47. The van der Waals surface area contributed by atoms with Gasteiger partial charge < -0.3 is 33.8 Å². The van der Waals surface area contributed by atoms with Crippen LogP contribution in [-0.4, -0.2) is 96.7 Å². The molecule has 0 aromatic carbocycles. The number of ether oxygens (including phenoxy) is 4. The van der Waals surface area contributed by atoms with E-state index >= 15 is 0 Å². The average molecular weight is 1470 g/mol. The maximum atomic E-state index is 13.1. The number of hydrogen-bond donors (Lipinski definition) is 3. The van der Waals surface area contributed by atoms with E-state index in [1.54, 1.807) is 0 Å². The predicted molar refractivity (Wildman–Crippen MR) is 418 cm³/mol. The largest absolute Gasteiger partial charge is 0.472 e. The molecular formula is C83H140O17P2. The van der Waals surface area contributed by atoms with Crippen molar-refractivity contribution >= 4 is 39.5 Å². The number of aliphatic hydroxyl groups is 1. The highest BCUT2D eigenvalue weighted by Crippen LogP contribution is 2.45. The summed E-state index contributed by atoms with van der Waals surface area (Å²) in [5.74, 6) is -2.30. The molecule has 0 saturated heterocycles. The van der Waals surface area contributed by atoms with Crippen LogP contribution in [-0.2, 0) is 65.4 Å². The molecule has 0 fully saturated rings.